The van der Waals surface area contributed by atoms with Gasteiger partial charge < -0.3 is 10.1 Å². The van der Waals surface area contributed by atoms with E-state index in [0.717, 1.165) is 12.8 Å². The van der Waals surface area contributed by atoms with Crippen molar-refractivity contribution in [2.75, 3.05) is 12.4 Å². The molecule has 94 valence electrons. The summed E-state index contributed by atoms with van der Waals surface area (Å²) < 4.78 is 5.09. The van der Waals surface area contributed by atoms with Crippen molar-refractivity contribution in [3.8, 4) is 5.75 Å². The fourth-order valence-electron chi connectivity index (χ4n) is 1.57. The van der Waals surface area contributed by atoms with Gasteiger partial charge in [-0.3, -0.25) is 4.79 Å². The van der Waals surface area contributed by atoms with Crippen LogP contribution in [0.15, 0.2) is 18.2 Å². The maximum Gasteiger partial charge on any atom is 0.227 e. The van der Waals surface area contributed by atoms with Gasteiger partial charge in [0, 0.05) is 17.7 Å². The molecule has 1 aromatic rings. The predicted octanol–water partition coefficient (Wildman–Crippen LogP) is 3.72. The van der Waals surface area contributed by atoms with E-state index in [-0.39, 0.29) is 11.8 Å². The molecule has 3 nitrogen and oxygen atoms in total. The molecule has 1 atom stereocenters. The van der Waals surface area contributed by atoms with Crippen LogP contribution in [-0.4, -0.2) is 13.0 Å². The minimum absolute atomic E-state index is 0.0154. The van der Waals surface area contributed by atoms with Crippen LogP contribution >= 0.6 is 11.6 Å². The summed E-state index contributed by atoms with van der Waals surface area (Å²) in [4.78, 5) is 11.8. The van der Waals surface area contributed by atoms with Crippen LogP contribution in [0.5, 0.6) is 5.75 Å². The third-order valence-corrected chi connectivity index (χ3v) is 2.90. The Morgan fingerprint density at radius 3 is 2.82 bits per heavy atom. The smallest absolute Gasteiger partial charge is 0.227 e. The number of ether oxygens (including phenoxy) is 1. The molecule has 0 saturated carbocycles. The predicted molar refractivity (Wildman–Crippen MR) is 70.7 cm³/mol. The van der Waals surface area contributed by atoms with Gasteiger partial charge in [0.15, 0.2) is 0 Å². The number of hydrogen-bond donors (Lipinski definition) is 1. The molecule has 0 radical (unpaired) electrons. The largest absolute Gasteiger partial charge is 0.495 e. The number of anilines is 1. The number of halogens is 1. The normalized spacial score (nSPS) is 12.0. The number of carbonyl (C=O) groups excluding carboxylic acids is 1. The lowest BCUT2D eigenvalue weighted by atomic mass is 10.1. The number of hydrogen-bond acceptors (Lipinski definition) is 2. The maximum absolute atomic E-state index is 11.8. The minimum atomic E-state index is 0.0154. The van der Waals surface area contributed by atoms with Gasteiger partial charge >= 0.3 is 0 Å². The molecule has 17 heavy (non-hydrogen) atoms. The number of nitrogens with one attached hydrogen (secondary N) is 1. The fourth-order valence-corrected chi connectivity index (χ4v) is 1.76. The van der Waals surface area contributed by atoms with Gasteiger partial charge in [0.25, 0.3) is 0 Å². The zero-order valence-electron chi connectivity index (χ0n) is 10.4. The summed E-state index contributed by atoms with van der Waals surface area (Å²) in [6, 6.07) is 5.20. The molecule has 0 aromatic heterocycles. The molecule has 0 aliphatic heterocycles. The molecule has 0 aliphatic rings. The van der Waals surface area contributed by atoms with Crippen LogP contribution in [0.4, 0.5) is 5.69 Å². The third-order valence-electron chi connectivity index (χ3n) is 2.59. The highest BCUT2D eigenvalue weighted by atomic mass is 35.5. The number of benzene rings is 1. The van der Waals surface area contributed by atoms with E-state index in [2.05, 4.69) is 12.2 Å². The van der Waals surface area contributed by atoms with Gasteiger partial charge in [-0.1, -0.05) is 31.9 Å². The number of amides is 1. The van der Waals surface area contributed by atoms with Crippen LogP contribution in [-0.2, 0) is 4.79 Å². The van der Waals surface area contributed by atoms with E-state index in [9.17, 15) is 4.79 Å². The zero-order chi connectivity index (χ0) is 12.8. The second-order valence-corrected chi connectivity index (χ2v) is 4.44. The van der Waals surface area contributed by atoms with Gasteiger partial charge in [0.1, 0.15) is 5.75 Å². The van der Waals surface area contributed by atoms with Gasteiger partial charge in [-0.25, -0.2) is 0 Å². The van der Waals surface area contributed by atoms with Crippen LogP contribution in [0.2, 0.25) is 5.02 Å². The van der Waals surface area contributed by atoms with Gasteiger partial charge in [-0.05, 0) is 18.6 Å². The molecule has 0 heterocycles. The van der Waals surface area contributed by atoms with Crippen molar-refractivity contribution in [3.63, 3.8) is 0 Å². The van der Waals surface area contributed by atoms with E-state index in [1.165, 1.54) is 0 Å². The first-order chi connectivity index (χ1) is 8.08. The Morgan fingerprint density at radius 1 is 1.53 bits per heavy atom. The maximum atomic E-state index is 11.8. The van der Waals surface area contributed by atoms with Crippen molar-refractivity contribution in [1.29, 1.82) is 0 Å². The minimum Gasteiger partial charge on any atom is -0.495 e. The zero-order valence-corrected chi connectivity index (χ0v) is 11.2. The molecule has 0 fully saturated rings. The number of methoxy groups -OCH3 is 1. The lowest BCUT2D eigenvalue weighted by Crippen LogP contribution is -2.20. The molecule has 1 amide bonds. The van der Waals surface area contributed by atoms with Gasteiger partial charge in [0.2, 0.25) is 5.91 Å². The topological polar surface area (TPSA) is 38.3 Å². The van der Waals surface area contributed by atoms with Crippen LogP contribution in [0, 0.1) is 5.92 Å². The van der Waals surface area contributed by atoms with E-state index in [1.807, 2.05) is 6.92 Å². The van der Waals surface area contributed by atoms with E-state index in [0.29, 0.717) is 16.5 Å². The van der Waals surface area contributed by atoms with E-state index in [4.69, 9.17) is 16.3 Å². The summed E-state index contributed by atoms with van der Waals surface area (Å²) in [5.74, 6) is 0.602. The number of carbonyl (C=O) groups is 1. The highest BCUT2D eigenvalue weighted by Crippen LogP contribution is 2.27. The molecule has 0 aliphatic carbocycles. The van der Waals surface area contributed by atoms with Crippen LogP contribution in [0.1, 0.15) is 26.7 Å². The van der Waals surface area contributed by atoms with Gasteiger partial charge in [0.05, 0.1) is 12.1 Å². The molecule has 1 unspecified atom stereocenters. The lowest BCUT2D eigenvalue weighted by molar-refractivity contribution is -0.119. The van der Waals surface area contributed by atoms with E-state index >= 15 is 0 Å². The Labute approximate surface area is 107 Å². The van der Waals surface area contributed by atoms with E-state index in [1.54, 1.807) is 25.3 Å². The van der Waals surface area contributed by atoms with Crippen molar-refractivity contribution >= 4 is 23.2 Å². The molecular weight excluding hydrogens is 238 g/mol. The molecule has 0 bridgehead atoms. The van der Waals surface area contributed by atoms with Crippen molar-refractivity contribution in [3.05, 3.63) is 23.2 Å². The standard InChI is InChI=1S/C13H18ClNO2/c1-4-5-9(2)13(16)15-10-6-7-11(14)12(8-10)17-3/h6-9H,4-5H2,1-3H3,(H,15,16). The van der Waals surface area contributed by atoms with E-state index < -0.39 is 0 Å². The van der Waals surface area contributed by atoms with Gasteiger partial charge in [-0.15, -0.1) is 0 Å². The average Bonchev–Trinajstić information content (AvgIpc) is 2.31. The molecule has 1 rings (SSSR count). The second kappa shape index (κ2) is 6.50. The molecule has 1 N–H and O–H groups in total. The molecular formula is C13H18ClNO2. The Kier molecular flexibility index (Phi) is 5.29. The first kappa shape index (κ1) is 13.8. The fraction of sp³-hybridized carbons (Fsp3) is 0.462. The summed E-state index contributed by atoms with van der Waals surface area (Å²) in [6.07, 6.45) is 1.88. The van der Waals surface area contributed by atoms with Crippen LogP contribution < -0.4 is 10.1 Å². The molecule has 0 spiro atoms. The summed E-state index contributed by atoms with van der Waals surface area (Å²) >= 11 is 5.91. The third kappa shape index (κ3) is 3.93. The van der Waals surface area contributed by atoms with Crippen molar-refractivity contribution in [2.45, 2.75) is 26.7 Å². The number of rotatable bonds is 5. The second-order valence-electron chi connectivity index (χ2n) is 4.03. The molecule has 0 saturated heterocycles. The average molecular weight is 256 g/mol. The summed E-state index contributed by atoms with van der Waals surface area (Å²) in [5.41, 5.74) is 0.708. The molecule has 4 heteroatoms. The summed E-state index contributed by atoms with van der Waals surface area (Å²) in [6.45, 7) is 3.99. The SMILES string of the molecule is CCCC(C)C(=O)Nc1ccc(Cl)c(OC)c1. The Morgan fingerprint density at radius 2 is 2.24 bits per heavy atom. The first-order valence-electron chi connectivity index (χ1n) is 5.72. The summed E-state index contributed by atoms with van der Waals surface area (Å²) in [7, 11) is 1.55. The monoisotopic (exact) mass is 255 g/mol. The Bertz CT molecular complexity index is 393. The highest BCUT2D eigenvalue weighted by molar-refractivity contribution is 6.32. The Balaban J connectivity index is 2.71. The van der Waals surface area contributed by atoms with Crippen LogP contribution in [0.3, 0.4) is 0 Å². The Hall–Kier alpha value is -1.22. The summed E-state index contributed by atoms with van der Waals surface area (Å²) in [5, 5.41) is 3.39. The quantitative estimate of drug-likeness (QED) is 0.871. The van der Waals surface area contributed by atoms with Crippen molar-refractivity contribution < 1.29 is 9.53 Å². The lowest BCUT2D eigenvalue weighted by Gasteiger charge is -2.12. The van der Waals surface area contributed by atoms with Gasteiger partial charge in [-0.2, -0.15) is 0 Å². The van der Waals surface area contributed by atoms with Crippen molar-refractivity contribution in [2.24, 2.45) is 5.92 Å². The molecule has 1 aromatic carbocycles. The van der Waals surface area contributed by atoms with Crippen LogP contribution in [0.25, 0.3) is 0 Å². The van der Waals surface area contributed by atoms with Crippen molar-refractivity contribution in [1.82, 2.24) is 0 Å². The highest BCUT2D eigenvalue weighted by Gasteiger charge is 2.12. The first-order valence-corrected chi connectivity index (χ1v) is 6.10.